The van der Waals surface area contributed by atoms with E-state index in [1.807, 2.05) is 31.2 Å². The van der Waals surface area contributed by atoms with Crippen LogP contribution < -0.4 is 10.1 Å². The Morgan fingerprint density at radius 2 is 2.00 bits per heavy atom. The highest BCUT2D eigenvalue weighted by Gasteiger charge is 2.30. The van der Waals surface area contributed by atoms with Gasteiger partial charge in [0.15, 0.2) is 6.61 Å². The molecule has 0 radical (unpaired) electrons. The first kappa shape index (κ1) is 23.0. The van der Waals surface area contributed by atoms with E-state index in [1.54, 1.807) is 0 Å². The molecule has 1 aliphatic heterocycles. The smallest absolute Gasteiger partial charge is 0.258 e. The molecular formula is C20H22BrClN2O5S. The minimum absolute atomic E-state index is 0.0651. The predicted molar refractivity (Wildman–Crippen MR) is 117 cm³/mol. The number of morpholine rings is 1. The number of carbonyl (C=O) groups excluding carboxylic acids is 1. The minimum atomic E-state index is -3.83. The monoisotopic (exact) mass is 516 g/mol. The van der Waals surface area contributed by atoms with E-state index in [0.717, 1.165) is 10.0 Å². The van der Waals surface area contributed by atoms with Crippen molar-refractivity contribution in [3.63, 3.8) is 0 Å². The number of rotatable bonds is 7. The first-order valence-electron chi connectivity index (χ1n) is 9.32. The third kappa shape index (κ3) is 5.73. The van der Waals surface area contributed by atoms with Crippen molar-refractivity contribution in [1.29, 1.82) is 0 Å². The second kappa shape index (κ2) is 10.1. The summed E-state index contributed by atoms with van der Waals surface area (Å²) in [5, 5.41) is 3.11. The van der Waals surface area contributed by atoms with Gasteiger partial charge in [-0.15, -0.1) is 0 Å². The quantitative estimate of drug-likeness (QED) is 0.609. The summed E-state index contributed by atoms with van der Waals surface area (Å²) >= 11 is 9.43. The molecule has 2 aromatic rings. The molecule has 1 heterocycles. The van der Waals surface area contributed by atoms with Crippen LogP contribution in [0, 0.1) is 0 Å². The lowest BCUT2D eigenvalue weighted by Gasteiger charge is -2.27. The number of halogens is 2. The first-order chi connectivity index (χ1) is 14.3. The van der Waals surface area contributed by atoms with Crippen LogP contribution in [0.3, 0.4) is 0 Å². The van der Waals surface area contributed by atoms with Gasteiger partial charge in [0.25, 0.3) is 5.91 Å². The lowest BCUT2D eigenvalue weighted by molar-refractivity contribution is -0.123. The van der Waals surface area contributed by atoms with E-state index < -0.39 is 10.0 Å². The topological polar surface area (TPSA) is 84.9 Å². The van der Waals surface area contributed by atoms with Crippen LogP contribution in [0.1, 0.15) is 18.5 Å². The number of hydrogen-bond donors (Lipinski definition) is 1. The van der Waals surface area contributed by atoms with Crippen LogP contribution in [0.15, 0.2) is 51.8 Å². The number of ether oxygens (including phenoxy) is 2. The van der Waals surface area contributed by atoms with Gasteiger partial charge in [-0.1, -0.05) is 39.7 Å². The Hall–Kier alpha value is -1.65. The van der Waals surface area contributed by atoms with E-state index in [2.05, 4.69) is 21.2 Å². The minimum Gasteiger partial charge on any atom is -0.482 e. The molecule has 2 aromatic carbocycles. The number of amides is 1. The average molecular weight is 518 g/mol. The van der Waals surface area contributed by atoms with Crippen LogP contribution in [-0.4, -0.2) is 51.5 Å². The molecule has 1 atom stereocenters. The van der Waals surface area contributed by atoms with E-state index in [1.165, 1.54) is 22.5 Å². The van der Waals surface area contributed by atoms with Gasteiger partial charge in [-0.2, -0.15) is 4.31 Å². The number of nitrogens with zero attached hydrogens (tertiary/aromatic N) is 1. The predicted octanol–water partition coefficient (Wildman–Crippen LogP) is 3.38. The molecule has 1 fully saturated rings. The van der Waals surface area contributed by atoms with Crippen molar-refractivity contribution in [2.45, 2.75) is 17.9 Å². The molecule has 1 aliphatic rings. The molecule has 30 heavy (non-hydrogen) atoms. The molecule has 3 rings (SSSR count). The lowest BCUT2D eigenvalue weighted by Crippen LogP contribution is -2.40. The largest absolute Gasteiger partial charge is 0.482 e. The second-order valence-corrected chi connectivity index (χ2v) is 10.00. The Bertz CT molecular complexity index is 1010. The van der Waals surface area contributed by atoms with Crippen LogP contribution >= 0.6 is 27.5 Å². The van der Waals surface area contributed by atoms with Gasteiger partial charge < -0.3 is 14.8 Å². The Balaban J connectivity index is 1.70. The summed E-state index contributed by atoms with van der Waals surface area (Å²) in [6.45, 7) is 2.68. The van der Waals surface area contributed by atoms with Crippen LogP contribution in [0.4, 0.5) is 0 Å². The lowest BCUT2D eigenvalue weighted by atomic mass is 10.1. The van der Waals surface area contributed by atoms with Gasteiger partial charge in [0.05, 0.1) is 19.3 Å². The van der Waals surface area contributed by atoms with E-state index in [4.69, 9.17) is 21.1 Å². The summed E-state index contributed by atoms with van der Waals surface area (Å²) in [4.78, 5) is 12.3. The molecule has 10 heteroatoms. The summed E-state index contributed by atoms with van der Waals surface area (Å²) in [6, 6.07) is 11.7. The fraction of sp³-hybridized carbons (Fsp3) is 0.350. The van der Waals surface area contributed by atoms with E-state index in [0.29, 0.717) is 13.2 Å². The number of hydrogen-bond acceptors (Lipinski definition) is 5. The number of sulfonamides is 1. The van der Waals surface area contributed by atoms with Crippen LogP contribution in [-0.2, 0) is 19.6 Å². The number of carbonyl (C=O) groups is 1. The molecule has 0 saturated carbocycles. The van der Waals surface area contributed by atoms with Crippen molar-refractivity contribution in [2.75, 3.05) is 32.9 Å². The number of benzene rings is 2. The summed E-state index contributed by atoms with van der Waals surface area (Å²) in [5.74, 6) is -0.289. The highest BCUT2D eigenvalue weighted by atomic mass is 79.9. The van der Waals surface area contributed by atoms with Gasteiger partial charge in [0.2, 0.25) is 10.0 Å². The van der Waals surface area contributed by atoms with Crippen molar-refractivity contribution < 1.29 is 22.7 Å². The summed E-state index contributed by atoms with van der Waals surface area (Å²) in [5.41, 5.74) is 0.930. The fourth-order valence-corrected chi connectivity index (χ4v) is 5.23. The molecule has 0 bridgehead atoms. The highest BCUT2D eigenvalue weighted by molar-refractivity contribution is 9.10. The Morgan fingerprint density at radius 1 is 1.27 bits per heavy atom. The van der Waals surface area contributed by atoms with Gasteiger partial charge in [-0.25, -0.2) is 8.42 Å². The van der Waals surface area contributed by atoms with Crippen LogP contribution in [0.2, 0.25) is 5.02 Å². The SMILES string of the molecule is C[C@@H](NC(=O)COc1ccc(Cl)cc1S(=O)(=O)N1CCOCC1)c1cccc(Br)c1. The van der Waals surface area contributed by atoms with Crippen LogP contribution in [0.25, 0.3) is 0 Å². The maximum atomic E-state index is 13.0. The fourth-order valence-electron chi connectivity index (χ4n) is 3.01. The molecular weight excluding hydrogens is 496 g/mol. The molecule has 0 aromatic heterocycles. The normalized spacial score (nSPS) is 16.1. The summed E-state index contributed by atoms with van der Waals surface area (Å²) < 4.78 is 39.1. The maximum absolute atomic E-state index is 13.0. The second-order valence-electron chi connectivity index (χ2n) is 6.74. The molecule has 1 saturated heterocycles. The van der Waals surface area contributed by atoms with E-state index >= 15 is 0 Å². The summed E-state index contributed by atoms with van der Waals surface area (Å²) in [7, 11) is -3.83. The molecule has 7 nitrogen and oxygen atoms in total. The van der Waals surface area contributed by atoms with Gasteiger partial charge >= 0.3 is 0 Å². The highest BCUT2D eigenvalue weighted by Crippen LogP contribution is 2.30. The van der Waals surface area contributed by atoms with Crippen LogP contribution in [0.5, 0.6) is 5.75 Å². The van der Waals surface area contributed by atoms with Crippen molar-refractivity contribution in [2.24, 2.45) is 0 Å². The molecule has 0 spiro atoms. The third-order valence-electron chi connectivity index (χ3n) is 4.58. The number of nitrogens with one attached hydrogen (secondary N) is 1. The molecule has 1 N–H and O–H groups in total. The van der Waals surface area contributed by atoms with Crippen molar-refractivity contribution >= 4 is 43.5 Å². The van der Waals surface area contributed by atoms with Crippen molar-refractivity contribution in [1.82, 2.24) is 9.62 Å². The Kier molecular flexibility index (Phi) is 7.75. The Labute approximate surface area is 189 Å². The van der Waals surface area contributed by atoms with Crippen molar-refractivity contribution in [3.05, 3.63) is 57.5 Å². The van der Waals surface area contributed by atoms with Crippen molar-refractivity contribution in [3.8, 4) is 5.75 Å². The maximum Gasteiger partial charge on any atom is 0.258 e. The average Bonchev–Trinajstić information content (AvgIpc) is 2.73. The van der Waals surface area contributed by atoms with E-state index in [9.17, 15) is 13.2 Å². The Morgan fingerprint density at radius 3 is 2.70 bits per heavy atom. The van der Waals surface area contributed by atoms with Gasteiger partial charge in [0.1, 0.15) is 10.6 Å². The third-order valence-corrected chi connectivity index (χ3v) is 7.23. The zero-order chi connectivity index (χ0) is 21.7. The van der Waals surface area contributed by atoms with Gasteiger partial charge in [-0.3, -0.25) is 4.79 Å². The summed E-state index contributed by atoms with van der Waals surface area (Å²) in [6.07, 6.45) is 0. The molecule has 162 valence electrons. The van der Waals surface area contributed by atoms with Gasteiger partial charge in [-0.05, 0) is 42.8 Å². The first-order valence-corrected chi connectivity index (χ1v) is 11.9. The van der Waals surface area contributed by atoms with Gasteiger partial charge in [0, 0.05) is 22.6 Å². The standard InChI is InChI=1S/C20H22BrClN2O5S/c1-14(15-3-2-4-16(21)11-15)23-20(25)13-29-18-6-5-17(22)12-19(18)30(26,27)24-7-9-28-10-8-24/h2-6,11-12,14H,7-10,13H2,1H3,(H,23,25)/t14-/m1/s1. The molecule has 0 aliphatic carbocycles. The zero-order valence-corrected chi connectivity index (χ0v) is 19.5. The van der Waals surface area contributed by atoms with E-state index in [-0.39, 0.29) is 47.3 Å². The molecule has 0 unspecified atom stereocenters. The molecule has 1 amide bonds. The zero-order valence-electron chi connectivity index (χ0n) is 16.3.